The van der Waals surface area contributed by atoms with Gasteiger partial charge in [-0.05, 0) is 20.8 Å². The average molecular weight is 405 g/mol. The number of nitrogens with two attached hydrogens (primary N) is 1. The maximum atomic E-state index is 11.6. The number of hydrogen-bond acceptors (Lipinski definition) is 4. The minimum atomic E-state index is -3.04. The Kier molecular flexibility index (Phi) is 8.21. The van der Waals surface area contributed by atoms with Gasteiger partial charge in [0.1, 0.15) is 0 Å². The number of sulfone groups is 1. The van der Waals surface area contributed by atoms with Crippen molar-refractivity contribution in [1.29, 1.82) is 0 Å². The fourth-order valence-corrected chi connectivity index (χ4v) is 2.47. The number of aliphatic imine (C=N–C) groups is 1. The lowest BCUT2D eigenvalue weighted by molar-refractivity contribution is 0.00531. The van der Waals surface area contributed by atoms with Crippen LogP contribution in [0.25, 0.3) is 0 Å². The first-order chi connectivity index (χ1) is 8.33. The zero-order valence-corrected chi connectivity index (χ0v) is 14.9. The van der Waals surface area contributed by atoms with Crippen LogP contribution in [0.5, 0.6) is 0 Å². The summed E-state index contributed by atoms with van der Waals surface area (Å²) in [6.45, 7) is 7.57. The Morgan fingerprint density at radius 3 is 2.68 bits per heavy atom. The van der Waals surface area contributed by atoms with Crippen LogP contribution >= 0.6 is 24.0 Å². The van der Waals surface area contributed by atoms with Crippen molar-refractivity contribution in [2.24, 2.45) is 10.7 Å². The van der Waals surface area contributed by atoms with Gasteiger partial charge in [0.05, 0.1) is 30.3 Å². The van der Waals surface area contributed by atoms with Gasteiger partial charge in [0.15, 0.2) is 15.8 Å². The van der Waals surface area contributed by atoms with Crippen molar-refractivity contribution in [3.63, 3.8) is 0 Å². The van der Waals surface area contributed by atoms with Crippen LogP contribution in [0.4, 0.5) is 0 Å². The maximum Gasteiger partial charge on any atom is 0.191 e. The summed E-state index contributed by atoms with van der Waals surface area (Å²) in [5.74, 6) is 0.453. The Hall–Kier alpha value is -0.0900. The number of hydrogen-bond donors (Lipinski definition) is 1. The van der Waals surface area contributed by atoms with Gasteiger partial charge in [0, 0.05) is 13.1 Å². The Balaban J connectivity index is 0.00000324. The number of morpholine rings is 1. The van der Waals surface area contributed by atoms with Gasteiger partial charge in [0.2, 0.25) is 0 Å². The molecule has 0 aromatic carbocycles. The number of nitrogens with zero attached hydrogens (tertiary/aromatic N) is 2. The van der Waals surface area contributed by atoms with Crippen molar-refractivity contribution in [1.82, 2.24) is 4.90 Å². The van der Waals surface area contributed by atoms with Gasteiger partial charge in [-0.1, -0.05) is 0 Å². The molecule has 114 valence electrons. The highest BCUT2D eigenvalue weighted by molar-refractivity contribution is 14.0. The lowest BCUT2D eigenvalue weighted by atomic mass is 10.3. The summed E-state index contributed by atoms with van der Waals surface area (Å²) in [7, 11) is -3.04. The van der Waals surface area contributed by atoms with Crippen LogP contribution in [-0.2, 0) is 14.6 Å². The number of halogens is 1. The zero-order chi connectivity index (χ0) is 13.8. The van der Waals surface area contributed by atoms with Crippen molar-refractivity contribution in [3.8, 4) is 0 Å². The molecule has 0 aliphatic carbocycles. The van der Waals surface area contributed by atoms with Gasteiger partial charge in [-0.15, -0.1) is 24.0 Å². The molecule has 1 heterocycles. The molecule has 0 saturated carbocycles. The standard InChI is InChI=1S/C11H23N3O3S.HI/c1-9(2)18(15,16)7-4-13-11(12)14-5-6-17-10(3)8-14;/h9-10H,4-8H2,1-3H3,(H2,12,13);1H. The second kappa shape index (κ2) is 8.25. The number of guanidine groups is 1. The molecule has 0 aromatic rings. The summed E-state index contributed by atoms with van der Waals surface area (Å²) in [4.78, 5) is 6.06. The zero-order valence-electron chi connectivity index (χ0n) is 11.7. The lowest BCUT2D eigenvalue weighted by Crippen LogP contribution is -2.48. The van der Waals surface area contributed by atoms with Crippen molar-refractivity contribution in [2.75, 3.05) is 32.0 Å². The molecule has 1 aliphatic rings. The monoisotopic (exact) mass is 405 g/mol. The van der Waals surface area contributed by atoms with Crippen LogP contribution < -0.4 is 5.73 Å². The van der Waals surface area contributed by atoms with Crippen molar-refractivity contribution in [3.05, 3.63) is 0 Å². The number of rotatable bonds is 4. The highest BCUT2D eigenvalue weighted by Crippen LogP contribution is 2.04. The van der Waals surface area contributed by atoms with Gasteiger partial charge in [-0.25, -0.2) is 8.42 Å². The van der Waals surface area contributed by atoms with E-state index in [1.165, 1.54) is 0 Å². The maximum absolute atomic E-state index is 11.6. The first kappa shape index (κ1) is 18.9. The molecule has 1 rings (SSSR count). The van der Waals surface area contributed by atoms with Gasteiger partial charge in [0.25, 0.3) is 0 Å². The van der Waals surface area contributed by atoms with Crippen LogP contribution in [0.1, 0.15) is 20.8 Å². The van der Waals surface area contributed by atoms with E-state index in [0.717, 1.165) is 0 Å². The number of ether oxygens (including phenoxy) is 1. The third kappa shape index (κ3) is 6.26. The van der Waals surface area contributed by atoms with E-state index in [9.17, 15) is 8.42 Å². The van der Waals surface area contributed by atoms with Crippen LogP contribution in [0.15, 0.2) is 4.99 Å². The molecule has 1 fully saturated rings. The van der Waals surface area contributed by atoms with Gasteiger partial charge in [-0.3, -0.25) is 4.99 Å². The summed E-state index contributed by atoms with van der Waals surface area (Å²) in [6, 6.07) is 0. The molecule has 8 heteroatoms. The normalized spacial score (nSPS) is 21.4. The average Bonchev–Trinajstić information content (AvgIpc) is 2.28. The molecule has 0 aromatic heterocycles. The summed E-state index contributed by atoms with van der Waals surface area (Å²) in [5, 5.41) is -0.364. The highest BCUT2D eigenvalue weighted by atomic mass is 127. The van der Waals surface area contributed by atoms with Crippen molar-refractivity contribution < 1.29 is 13.2 Å². The van der Waals surface area contributed by atoms with Crippen LogP contribution in [-0.4, -0.2) is 62.6 Å². The third-order valence-corrected chi connectivity index (χ3v) is 5.12. The highest BCUT2D eigenvalue weighted by Gasteiger charge is 2.19. The summed E-state index contributed by atoms with van der Waals surface area (Å²) in [6.07, 6.45) is 0.131. The smallest absolute Gasteiger partial charge is 0.191 e. The summed E-state index contributed by atoms with van der Waals surface area (Å²) < 4.78 is 28.6. The second-order valence-corrected chi connectivity index (χ2v) is 7.46. The van der Waals surface area contributed by atoms with E-state index in [2.05, 4.69) is 4.99 Å². The largest absolute Gasteiger partial charge is 0.375 e. The van der Waals surface area contributed by atoms with E-state index in [1.54, 1.807) is 13.8 Å². The first-order valence-corrected chi connectivity index (χ1v) is 7.92. The molecule has 0 spiro atoms. The van der Waals surface area contributed by atoms with E-state index in [1.807, 2.05) is 11.8 Å². The molecular formula is C11H24IN3O3S. The predicted molar refractivity (Wildman–Crippen MR) is 87.8 cm³/mol. The van der Waals surface area contributed by atoms with E-state index < -0.39 is 9.84 Å². The van der Waals surface area contributed by atoms with E-state index in [0.29, 0.717) is 25.7 Å². The second-order valence-electron chi connectivity index (χ2n) is 4.78. The molecule has 1 atom stereocenters. The predicted octanol–water partition coefficient (Wildman–Crippen LogP) is 0.463. The lowest BCUT2D eigenvalue weighted by Gasteiger charge is -2.31. The van der Waals surface area contributed by atoms with Crippen LogP contribution in [0.3, 0.4) is 0 Å². The quantitative estimate of drug-likeness (QED) is 0.418. The SMILES string of the molecule is CC1CN(C(N)=NCCS(=O)(=O)C(C)C)CCO1.I. The van der Waals surface area contributed by atoms with Crippen molar-refractivity contribution >= 4 is 39.8 Å². The molecule has 1 aliphatic heterocycles. The van der Waals surface area contributed by atoms with E-state index >= 15 is 0 Å². The molecular weight excluding hydrogens is 381 g/mol. The minimum Gasteiger partial charge on any atom is -0.375 e. The van der Waals surface area contributed by atoms with Crippen LogP contribution in [0.2, 0.25) is 0 Å². The van der Waals surface area contributed by atoms with Gasteiger partial charge in [-0.2, -0.15) is 0 Å². The Labute approximate surface area is 132 Å². The minimum absolute atomic E-state index is 0. The summed E-state index contributed by atoms with van der Waals surface area (Å²) in [5.41, 5.74) is 5.84. The molecule has 19 heavy (non-hydrogen) atoms. The summed E-state index contributed by atoms with van der Waals surface area (Å²) >= 11 is 0. The molecule has 1 saturated heterocycles. The third-order valence-electron chi connectivity index (χ3n) is 2.93. The molecule has 0 amide bonds. The Morgan fingerprint density at radius 1 is 1.53 bits per heavy atom. The molecule has 0 radical (unpaired) electrons. The molecule has 2 N–H and O–H groups in total. The molecule has 0 bridgehead atoms. The van der Waals surface area contributed by atoms with Crippen LogP contribution in [0, 0.1) is 0 Å². The Bertz CT molecular complexity index is 398. The topological polar surface area (TPSA) is 85.0 Å². The fraction of sp³-hybridized carbons (Fsp3) is 0.909. The molecule has 6 nitrogen and oxygen atoms in total. The first-order valence-electron chi connectivity index (χ1n) is 6.21. The molecule has 1 unspecified atom stereocenters. The van der Waals surface area contributed by atoms with Gasteiger partial charge < -0.3 is 15.4 Å². The van der Waals surface area contributed by atoms with E-state index in [4.69, 9.17) is 10.5 Å². The van der Waals surface area contributed by atoms with Gasteiger partial charge >= 0.3 is 0 Å². The Morgan fingerprint density at radius 2 is 2.16 bits per heavy atom. The van der Waals surface area contributed by atoms with E-state index in [-0.39, 0.29) is 47.6 Å². The fourth-order valence-electron chi connectivity index (χ4n) is 1.65. The van der Waals surface area contributed by atoms with Crippen molar-refractivity contribution in [2.45, 2.75) is 32.1 Å².